The zero-order valence-electron chi connectivity index (χ0n) is 9.65. The summed E-state index contributed by atoms with van der Waals surface area (Å²) in [5.74, 6) is 0.499. The highest BCUT2D eigenvalue weighted by Gasteiger charge is 2.17. The van der Waals surface area contributed by atoms with Gasteiger partial charge in [0.25, 0.3) is 0 Å². The van der Waals surface area contributed by atoms with Gasteiger partial charge in [-0.2, -0.15) is 5.10 Å². The van der Waals surface area contributed by atoms with E-state index in [0.717, 1.165) is 26.2 Å². The van der Waals surface area contributed by atoms with E-state index in [1.807, 2.05) is 35.7 Å². The molecular formula is C13H9BrClN3S. The van der Waals surface area contributed by atoms with E-state index in [2.05, 4.69) is 26.1 Å². The Balaban J connectivity index is 2.21. The summed E-state index contributed by atoms with van der Waals surface area (Å²) in [6.07, 6.45) is 0. The van der Waals surface area contributed by atoms with Crippen molar-refractivity contribution >= 4 is 44.7 Å². The highest BCUT2D eigenvalue weighted by Crippen LogP contribution is 2.40. The highest BCUT2D eigenvalue weighted by molar-refractivity contribution is 9.10. The highest BCUT2D eigenvalue weighted by atomic mass is 79.9. The predicted octanol–water partition coefficient (Wildman–Crippen LogP) is 4.80. The van der Waals surface area contributed by atoms with Crippen LogP contribution in [0.3, 0.4) is 0 Å². The number of hydrogen-bond acceptors (Lipinski definition) is 3. The van der Waals surface area contributed by atoms with Gasteiger partial charge >= 0.3 is 0 Å². The lowest BCUT2D eigenvalue weighted by atomic mass is 10.1. The van der Waals surface area contributed by atoms with Gasteiger partial charge in [0, 0.05) is 19.9 Å². The van der Waals surface area contributed by atoms with Crippen LogP contribution in [-0.4, -0.2) is 10.2 Å². The summed E-state index contributed by atoms with van der Waals surface area (Å²) < 4.78 is 0.904. The number of nitrogens with two attached hydrogens (primary N) is 1. The van der Waals surface area contributed by atoms with Crippen LogP contribution >= 0.6 is 38.9 Å². The number of rotatable bonds is 2. The first-order valence-corrected chi connectivity index (χ1v) is 7.55. The first kappa shape index (κ1) is 12.7. The number of halogens is 2. The molecular weight excluding hydrogens is 346 g/mol. The van der Waals surface area contributed by atoms with Gasteiger partial charge in [-0.15, -0.1) is 11.3 Å². The first-order valence-electron chi connectivity index (χ1n) is 5.50. The molecule has 3 aromatic rings. The smallest absolute Gasteiger partial charge is 0.154 e. The van der Waals surface area contributed by atoms with Gasteiger partial charge in [-0.25, -0.2) is 0 Å². The van der Waals surface area contributed by atoms with Gasteiger partial charge in [0.2, 0.25) is 0 Å². The Hall–Kier alpha value is -1.30. The van der Waals surface area contributed by atoms with Crippen molar-refractivity contribution in [2.24, 2.45) is 0 Å². The van der Waals surface area contributed by atoms with E-state index in [-0.39, 0.29) is 0 Å². The Morgan fingerprint density at radius 1 is 1.32 bits per heavy atom. The summed E-state index contributed by atoms with van der Waals surface area (Å²) in [4.78, 5) is 1.09. The molecule has 0 bridgehead atoms. The molecule has 1 aromatic carbocycles. The summed E-state index contributed by atoms with van der Waals surface area (Å²) in [6, 6.07) is 9.66. The molecule has 0 saturated heterocycles. The molecule has 0 aliphatic heterocycles. The zero-order valence-corrected chi connectivity index (χ0v) is 12.8. The first-order chi connectivity index (χ1) is 9.16. The van der Waals surface area contributed by atoms with Crippen LogP contribution in [0.4, 0.5) is 5.82 Å². The van der Waals surface area contributed by atoms with Gasteiger partial charge in [-0.05, 0) is 23.6 Å². The van der Waals surface area contributed by atoms with Crippen LogP contribution in [0.5, 0.6) is 0 Å². The second kappa shape index (κ2) is 5.00. The molecule has 3 nitrogen and oxygen atoms in total. The minimum atomic E-state index is 0.499. The summed E-state index contributed by atoms with van der Waals surface area (Å²) in [7, 11) is 0. The molecule has 0 radical (unpaired) electrons. The quantitative estimate of drug-likeness (QED) is 0.694. The van der Waals surface area contributed by atoms with E-state index in [1.54, 1.807) is 11.3 Å². The molecule has 0 unspecified atom stereocenters. The zero-order chi connectivity index (χ0) is 13.4. The van der Waals surface area contributed by atoms with Gasteiger partial charge in [0.05, 0.1) is 11.3 Å². The van der Waals surface area contributed by atoms with Crippen LogP contribution in [-0.2, 0) is 0 Å². The van der Waals surface area contributed by atoms with Crippen molar-refractivity contribution in [2.75, 3.05) is 5.73 Å². The van der Waals surface area contributed by atoms with Gasteiger partial charge in [-0.1, -0.05) is 39.7 Å². The average Bonchev–Trinajstić information content (AvgIpc) is 2.98. The van der Waals surface area contributed by atoms with E-state index < -0.39 is 0 Å². The van der Waals surface area contributed by atoms with Gasteiger partial charge in [0.1, 0.15) is 0 Å². The molecule has 0 fully saturated rings. The van der Waals surface area contributed by atoms with E-state index in [0.29, 0.717) is 10.8 Å². The van der Waals surface area contributed by atoms with Crippen molar-refractivity contribution in [1.82, 2.24) is 10.2 Å². The third-order valence-corrected chi connectivity index (χ3v) is 4.54. The average molecular weight is 355 g/mol. The molecule has 2 aromatic heterocycles. The van der Waals surface area contributed by atoms with E-state index in [4.69, 9.17) is 17.3 Å². The fourth-order valence-electron chi connectivity index (χ4n) is 1.91. The Bertz CT molecular complexity index is 722. The summed E-state index contributed by atoms with van der Waals surface area (Å²) >= 11 is 11.1. The van der Waals surface area contributed by atoms with Crippen LogP contribution in [0.1, 0.15) is 0 Å². The maximum Gasteiger partial charge on any atom is 0.154 e. The molecule has 0 saturated carbocycles. The number of nitrogens with one attached hydrogen (secondary N) is 1. The molecule has 0 aliphatic rings. The second-order valence-corrected chi connectivity index (χ2v) is 6.20. The molecule has 3 rings (SSSR count). The number of anilines is 1. The topological polar surface area (TPSA) is 54.7 Å². The molecule has 3 N–H and O–H groups in total. The van der Waals surface area contributed by atoms with E-state index >= 15 is 0 Å². The maximum atomic E-state index is 5.97. The number of nitrogen functional groups attached to an aromatic ring is 1. The number of H-pyrrole nitrogens is 1. The fourth-order valence-corrected chi connectivity index (χ4v) is 3.58. The van der Waals surface area contributed by atoms with Gasteiger partial charge in [-0.3, -0.25) is 5.10 Å². The maximum absolute atomic E-state index is 5.97. The molecule has 0 aliphatic carbocycles. The molecule has 0 amide bonds. The third kappa shape index (κ3) is 2.29. The van der Waals surface area contributed by atoms with Crippen LogP contribution in [0.2, 0.25) is 5.02 Å². The number of aromatic amines is 1. The van der Waals surface area contributed by atoms with Crippen LogP contribution in [0.25, 0.3) is 21.7 Å². The summed E-state index contributed by atoms with van der Waals surface area (Å²) in [5, 5.41) is 9.81. The lowest BCUT2D eigenvalue weighted by molar-refractivity contribution is 1.10. The lowest BCUT2D eigenvalue weighted by Crippen LogP contribution is -1.87. The Kier molecular flexibility index (Phi) is 3.35. The number of benzene rings is 1. The van der Waals surface area contributed by atoms with E-state index in [1.165, 1.54) is 0 Å². The third-order valence-electron chi connectivity index (χ3n) is 2.76. The Morgan fingerprint density at radius 2 is 2.16 bits per heavy atom. The largest absolute Gasteiger partial charge is 0.382 e. The number of thiophene rings is 1. The van der Waals surface area contributed by atoms with Crippen LogP contribution < -0.4 is 5.73 Å². The lowest BCUT2D eigenvalue weighted by Gasteiger charge is -2.05. The SMILES string of the molecule is Nc1n[nH]c(-c2ccc(Cl)cc2Br)c1-c1cccs1. The van der Waals surface area contributed by atoms with Crippen molar-refractivity contribution < 1.29 is 0 Å². The van der Waals surface area contributed by atoms with Gasteiger partial charge < -0.3 is 5.73 Å². The number of nitrogens with zero attached hydrogens (tertiary/aromatic N) is 1. The van der Waals surface area contributed by atoms with Crippen LogP contribution in [0.15, 0.2) is 40.2 Å². The molecule has 6 heteroatoms. The van der Waals surface area contributed by atoms with Crippen molar-refractivity contribution in [3.05, 3.63) is 45.2 Å². The minimum Gasteiger partial charge on any atom is -0.382 e. The molecule has 96 valence electrons. The van der Waals surface area contributed by atoms with Crippen LogP contribution in [0, 0.1) is 0 Å². The fraction of sp³-hybridized carbons (Fsp3) is 0. The Labute approximate surface area is 127 Å². The van der Waals surface area contributed by atoms with Gasteiger partial charge in [0.15, 0.2) is 5.82 Å². The van der Waals surface area contributed by atoms with Crippen molar-refractivity contribution in [2.45, 2.75) is 0 Å². The number of aromatic nitrogens is 2. The number of hydrogen-bond donors (Lipinski definition) is 2. The Morgan fingerprint density at radius 3 is 2.84 bits per heavy atom. The molecule has 19 heavy (non-hydrogen) atoms. The van der Waals surface area contributed by atoms with Crippen molar-refractivity contribution in [1.29, 1.82) is 0 Å². The standard InChI is InChI=1S/C13H9BrClN3S/c14-9-6-7(15)3-4-8(9)12-11(13(16)18-17-12)10-2-1-5-19-10/h1-6H,(H3,16,17,18). The summed E-state index contributed by atoms with van der Waals surface area (Å²) in [6.45, 7) is 0. The molecule has 0 spiro atoms. The monoisotopic (exact) mass is 353 g/mol. The normalized spacial score (nSPS) is 10.8. The van der Waals surface area contributed by atoms with E-state index in [9.17, 15) is 0 Å². The van der Waals surface area contributed by atoms with Crippen molar-refractivity contribution in [3.63, 3.8) is 0 Å². The predicted molar refractivity (Wildman–Crippen MR) is 84.5 cm³/mol. The molecule has 0 atom stereocenters. The summed E-state index contributed by atoms with van der Waals surface area (Å²) in [5.41, 5.74) is 8.78. The van der Waals surface area contributed by atoms with Crippen molar-refractivity contribution in [3.8, 4) is 21.7 Å². The second-order valence-electron chi connectivity index (χ2n) is 3.96. The minimum absolute atomic E-state index is 0.499. The molecule has 2 heterocycles.